The Balaban J connectivity index is 0. The number of nitrogens with two attached hydrogens (primary N) is 2. The van der Waals surface area contributed by atoms with E-state index in [0.29, 0.717) is 0 Å². The van der Waals surface area contributed by atoms with Crippen molar-refractivity contribution in [3.05, 3.63) is 0 Å². The fourth-order valence-corrected chi connectivity index (χ4v) is 0.800. The van der Waals surface area contributed by atoms with Crippen LogP contribution < -0.4 is 11.6 Å². The van der Waals surface area contributed by atoms with E-state index in [4.69, 9.17) is 10.9 Å². The third-order valence-corrected chi connectivity index (χ3v) is 1.39. The van der Waals surface area contributed by atoms with E-state index in [2.05, 4.69) is 24.6 Å². The first-order chi connectivity index (χ1) is 4.72. The molecule has 0 aliphatic rings. The molecule has 0 fully saturated rings. The summed E-state index contributed by atoms with van der Waals surface area (Å²) in [6, 6.07) is 0. The maximum Gasteiger partial charge on any atom is 0.0542 e. The van der Waals surface area contributed by atoms with Gasteiger partial charge in [0.1, 0.15) is 0 Å². The number of hydrogen-bond acceptors (Lipinski definition) is 4. The molecule has 4 heteroatoms. The normalized spacial score (nSPS) is 12.3. The van der Waals surface area contributed by atoms with Crippen LogP contribution in [0.4, 0.5) is 0 Å². The van der Waals surface area contributed by atoms with Crippen LogP contribution in [0, 0.1) is 0 Å². The number of nitrogens with zero attached hydrogens (tertiary/aromatic N) is 1. The van der Waals surface area contributed by atoms with Crippen LogP contribution in [0.2, 0.25) is 0 Å². The molecule has 5 N–H and O–H groups in total. The molecular weight excluding hydrogens is 130 g/mol. The fraction of sp³-hybridized carbons (Fsp3) is 1.00. The van der Waals surface area contributed by atoms with Gasteiger partial charge in [-0.2, -0.15) is 0 Å². The van der Waals surface area contributed by atoms with Crippen molar-refractivity contribution in [3.63, 3.8) is 0 Å². The minimum absolute atomic E-state index is 0.213. The second-order valence-electron chi connectivity index (χ2n) is 1.96. The molecule has 0 radical (unpaired) electrons. The lowest BCUT2D eigenvalue weighted by molar-refractivity contribution is 0.236. The molecule has 0 saturated carbocycles. The van der Waals surface area contributed by atoms with Crippen LogP contribution in [0.5, 0.6) is 0 Å². The monoisotopic (exact) mass is 149 g/mol. The molecule has 0 rings (SSSR count). The highest BCUT2D eigenvalue weighted by Crippen LogP contribution is 1.88. The second kappa shape index (κ2) is 8.84. The molecule has 0 spiro atoms. The molecule has 1 unspecified atom stereocenters. The summed E-state index contributed by atoms with van der Waals surface area (Å²) in [7, 11) is 0. The largest absolute Gasteiger partial charge is 0.320 e. The molecule has 0 aromatic heterocycles. The number of hydrogen-bond donors (Lipinski definition) is 3. The van der Waals surface area contributed by atoms with Crippen molar-refractivity contribution in [2.45, 2.75) is 26.9 Å². The van der Waals surface area contributed by atoms with Gasteiger partial charge in [-0.3, -0.25) is 4.90 Å². The van der Waals surface area contributed by atoms with E-state index in [9.17, 15) is 0 Å². The average Bonchev–Trinajstić information content (AvgIpc) is 1.94. The van der Waals surface area contributed by atoms with Crippen molar-refractivity contribution in [1.82, 2.24) is 4.90 Å². The first-order valence-corrected chi connectivity index (χ1v) is 3.47. The fourth-order valence-electron chi connectivity index (χ4n) is 0.800. The highest BCUT2D eigenvalue weighted by Gasteiger charge is 2.01. The summed E-state index contributed by atoms with van der Waals surface area (Å²) < 4.78 is 0. The van der Waals surface area contributed by atoms with Crippen LogP contribution in [-0.4, -0.2) is 29.4 Å². The third-order valence-electron chi connectivity index (χ3n) is 1.39. The lowest BCUT2D eigenvalue weighted by atomic mass is 10.4. The Bertz CT molecular complexity index is 55.0. The third kappa shape index (κ3) is 5.97. The van der Waals surface area contributed by atoms with Crippen LogP contribution >= 0.6 is 0 Å². The average molecular weight is 149 g/mol. The minimum atomic E-state index is 0.213. The molecule has 10 heavy (non-hydrogen) atoms. The van der Waals surface area contributed by atoms with Gasteiger partial charge in [0.15, 0.2) is 0 Å². The summed E-state index contributed by atoms with van der Waals surface area (Å²) in [5.74, 6) is 3.50. The van der Waals surface area contributed by atoms with Gasteiger partial charge in [-0.15, -0.1) is 0 Å². The van der Waals surface area contributed by atoms with Crippen molar-refractivity contribution in [1.29, 1.82) is 0 Å². The Morgan fingerprint density at radius 2 is 1.60 bits per heavy atom. The SMILES string of the molecule is CCN(CC)C(C)N.NO. The molecule has 0 aromatic rings. The molecule has 0 aliphatic carbocycles. The van der Waals surface area contributed by atoms with Crippen molar-refractivity contribution in [3.8, 4) is 0 Å². The van der Waals surface area contributed by atoms with E-state index in [1.165, 1.54) is 0 Å². The maximum atomic E-state index is 6.50. The van der Waals surface area contributed by atoms with E-state index in [0.717, 1.165) is 13.1 Å². The van der Waals surface area contributed by atoms with Crippen molar-refractivity contribution in [2.75, 3.05) is 13.1 Å². The molecule has 0 aromatic carbocycles. The van der Waals surface area contributed by atoms with E-state index in [-0.39, 0.29) is 6.17 Å². The first-order valence-electron chi connectivity index (χ1n) is 3.47. The number of rotatable bonds is 3. The molecular formula is C6H19N3O. The lowest BCUT2D eigenvalue weighted by Crippen LogP contribution is -2.39. The van der Waals surface area contributed by atoms with Gasteiger partial charge in [0.05, 0.1) is 6.17 Å². The Morgan fingerprint density at radius 1 is 1.30 bits per heavy atom. The summed E-state index contributed by atoms with van der Waals surface area (Å²) >= 11 is 0. The van der Waals surface area contributed by atoms with Gasteiger partial charge >= 0.3 is 0 Å². The summed E-state index contributed by atoms with van der Waals surface area (Å²) in [6.45, 7) is 8.34. The summed E-state index contributed by atoms with van der Waals surface area (Å²) in [5.41, 5.74) is 5.58. The molecule has 64 valence electrons. The standard InChI is InChI=1S/C6H16N2.H3NO/c1-4-8(5-2)6(3)7;1-2/h6H,4-5,7H2,1-3H3;2H,1H2. The van der Waals surface area contributed by atoms with Gasteiger partial charge in [-0.25, -0.2) is 5.90 Å². The first kappa shape index (κ1) is 12.5. The molecule has 1 atom stereocenters. The highest BCUT2D eigenvalue weighted by molar-refractivity contribution is 4.54. The van der Waals surface area contributed by atoms with Gasteiger partial charge in [0, 0.05) is 0 Å². The van der Waals surface area contributed by atoms with Crippen LogP contribution in [0.25, 0.3) is 0 Å². The highest BCUT2D eigenvalue weighted by atomic mass is 16.4. The summed E-state index contributed by atoms with van der Waals surface area (Å²) in [4.78, 5) is 2.19. The van der Waals surface area contributed by atoms with Crippen LogP contribution in [-0.2, 0) is 0 Å². The molecule has 0 amide bonds. The lowest BCUT2D eigenvalue weighted by Gasteiger charge is -2.21. The van der Waals surface area contributed by atoms with Crippen molar-refractivity contribution in [2.24, 2.45) is 11.6 Å². The maximum absolute atomic E-state index is 6.50. The van der Waals surface area contributed by atoms with E-state index in [1.54, 1.807) is 0 Å². The zero-order valence-electron chi connectivity index (χ0n) is 7.04. The van der Waals surface area contributed by atoms with E-state index >= 15 is 0 Å². The topological polar surface area (TPSA) is 75.5 Å². The Hall–Kier alpha value is -0.160. The smallest absolute Gasteiger partial charge is 0.0542 e. The Kier molecular flexibility index (Phi) is 11.1. The molecule has 4 nitrogen and oxygen atoms in total. The zero-order valence-corrected chi connectivity index (χ0v) is 7.04. The predicted molar refractivity (Wildman–Crippen MR) is 42.5 cm³/mol. The van der Waals surface area contributed by atoms with Crippen LogP contribution in [0.15, 0.2) is 0 Å². The molecule has 0 bridgehead atoms. The van der Waals surface area contributed by atoms with E-state index < -0.39 is 0 Å². The van der Waals surface area contributed by atoms with Crippen LogP contribution in [0.1, 0.15) is 20.8 Å². The van der Waals surface area contributed by atoms with E-state index in [1.807, 2.05) is 6.92 Å². The Labute approximate surface area is 62.8 Å². The predicted octanol–water partition coefficient (Wildman–Crippen LogP) is -0.0328. The minimum Gasteiger partial charge on any atom is -0.320 e. The Morgan fingerprint density at radius 3 is 1.60 bits per heavy atom. The van der Waals surface area contributed by atoms with Gasteiger partial charge in [0.2, 0.25) is 0 Å². The summed E-state index contributed by atoms with van der Waals surface area (Å²) in [5, 5.41) is 6.50. The van der Waals surface area contributed by atoms with Crippen molar-refractivity contribution >= 4 is 0 Å². The molecule has 0 heterocycles. The second-order valence-corrected chi connectivity index (χ2v) is 1.96. The summed E-state index contributed by atoms with van der Waals surface area (Å²) in [6.07, 6.45) is 0.213. The molecule has 0 aliphatic heterocycles. The zero-order chi connectivity index (χ0) is 8.57. The van der Waals surface area contributed by atoms with Crippen molar-refractivity contribution < 1.29 is 5.21 Å². The van der Waals surface area contributed by atoms with Gasteiger partial charge in [-0.05, 0) is 20.0 Å². The van der Waals surface area contributed by atoms with Gasteiger partial charge in [-0.1, -0.05) is 13.8 Å². The van der Waals surface area contributed by atoms with Gasteiger partial charge in [0.25, 0.3) is 0 Å². The van der Waals surface area contributed by atoms with Gasteiger partial charge < -0.3 is 10.9 Å². The molecule has 0 saturated heterocycles. The van der Waals surface area contributed by atoms with Crippen LogP contribution in [0.3, 0.4) is 0 Å². The quantitative estimate of drug-likeness (QED) is 0.389.